The van der Waals surface area contributed by atoms with Gasteiger partial charge in [0.15, 0.2) is 6.67 Å². The number of piperidine rings is 1. The first-order valence-electron chi connectivity index (χ1n) is 9.91. The van der Waals surface area contributed by atoms with Crippen molar-refractivity contribution in [2.24, 2.45) is 0 Å². The molecule has 1 aromatic carbocycles. The lowest BCUT2D eigenvalue weighted by atomic mass is 10.0. The van der Waals surface area contributed by atoms with Crippen LogP contribution in [0.25, 0.3) is 0 Å². The molecule has 1 unspecified atom stereocenters. The fraction of sp³-hybridized carbons (Fsp3) is 0.550. The van der Waals surface area contributed by atoms with Gasteiger partial charge in [-0.2, -0.15) is 9.40 Å². The van der Waals surface area contributed by atoms with Crippen LogP contribution < -0.4 is 4.90 Å². The van der Waals surface area contributed by atoms with Gasteiger partial charge in [0, 0.05) is 25.1 Å². The van der Waals surface area contributed by atoms with Gasteiger partial charge in [-0.3, -0.25) is 0 Å². The molecule has 2 aromatic rings. The summed E-state index contributed by atoms with van der Waals surface area (Å²) in [6, 6.07) is 8.59. The molecule has 1 atom stereocenters. The molecule has 27 heavy (non-hydrogen) atoms. The Morgan fingerprint density at radius 2 is 1.78 bits per heavy atom. The summed E-state index contributed by atoms with van der Waals surface area (Å²) in [6.45, 7) is 7.68. The average molecular weight is 390 g/mol. The van der Waals surface area contributed by atoms with Crippen molar-refractivity contribution in [3.63, 3.8) is 0 Å². The minimum absolute atomic E-state index is 0.418. The lowest BCUT2D eigenvalue weighted by molar-refractivity contribution is -0.939. The molecule has 7 heteroatoms. The highest BCUT2D eigenvalue weighted by Crippen LogP contribution is 2.25. The number of rotatable bonds is 4. The zero-order valence-corrected chi connectivity index (χ0v) is 17.1. The quantitative estimate of drug-likeness (QED) is 0.857. The van der Waals surface area contributed by atoms with Crippen molar-refractivity contribution < 1.29 is 13.3 Å². The molecule has 4 rings (SSSR count). The first-order chi connectivity index (χ1) is 13.0. The summed E-state index contributed by atoms with van der Waals surface area (Å²) in [6.07, 6.45) is 4.07. The Bertz CT molecular complexity index is 929. The predicted molar refractivity (Wildman–Crippen MR) is 104 cm³/mol. The highest BCUT2D eigenvalue weighted by Gasteiger charge is 2.32. The molecule has 0 aliphatic carbocycles. The SMILES string of the molecule is Cc1nn(C[NH+]2CCc3ccccc3C2)c(C)c1S(=O)(=O)N1CCCCC1. The van der Waals surface area contributed by atoms with Gasteiger partial charge in [-0.25, -0.2) is 13.1 Å². The molecule has 2 aliphatic rings. The van der Waals surface area contributed by atoms with E-state index in [0.717, 1.165) is 44.5 Å². The van der Waals surface area contributed by atoms with Crippen LogP contribution in [0.1, 0.15) is 41.8 Å². The van der Waals surface area contributed by atoms with Gasteiger partial charge in [0.25, 0.3) is 0 Å². The lowest BCUT2D eigenvalue weighted by Crippen LogP contribution is -3.11. The van der Waals surface area contributed by atoms with Crippen LogP contribution in [-0.2, 0) is 29.7 Å². The zero-order chi connectivity index (χ0) is 19.0. The minimum Gasteiger partial charge on any atom is -0.312 e. The van der Waals surface area contributed by atoms with Crippen molar-refractivity contribution >= 4 is 10.0 Å². The van der Waals surface area contributed by atoms with E-state index in [4.69, 9.17) is 0 Å². The zero-order valence-electron chi connectivity index (χ0n) is 16.2. The van der Waals surface area contributed by atoms with E-state index in [1.165, 1.54) is 16.0 Å². The number of nitrogens with one attached hydrogen (secondary N) is 1. The summed E-state index contributed by atoms with van der Waals surface area (Å²) in [7, 11) is -3.45. The number of nitrogens with zero attached hydrogens (tertiary/aromatic N) is 3. The van der Waals surface area contributed by atoms with Crippen molar-refractivity contribution in [3.05, 3.63) is 46.8 Å². The third kappa shape index (κ3) is 3.56. The van der Waals surface area contributed by atoms with Gasteiger partial charge < -0.3 is 4.90 Å². The second kappa shape index (κ2) is 7.37. The van der Waals surface area contributed by atoms with Crippen molar-refractivity contribution in [1.82, 2.24) is 14.1 Å². The summed E-state index contributed by atoms with van der Waals surface area (Å²) in [5.74, 6) is 0. The molecule has 6 nitrogen and oxygen atoms in total. The Hall–Kier alpha value is -1.70. The molecule has 0 bridgehead atoms. The average Bonchev–Trinajstić information content (AvgIpc) is 2.96. The van der Waals surface area contributed by atoms with Crippen molar-refractivity contribution in [3.8, 4) is 0 Å². The van der Waals surface area contributed by atoms with Gasteiger partial charge in [0.1, 0.15) is 11.4 Å². The van der Waals surface area contributed by atoms with E-state index in [2.05, 4.69) is 29.4 Å². The van der Waals surface area contributed by atoms with Crippen LogP contribution in [0, 0.1) is 13.8 Å². The fourth-order valence-corrected chi connectivity index (χ4v) is 6.32. The Morgan fingerprint density at radius 3 is 2.52 bits per heavy atom. The molecule has 0 saturated carbocycles. The molecule has 0 spiro atoms. The number of quaternary nitrogens is 1. The highest BCUT2D eigenvalue weighted by molar-refractivity contribution is 7.89. The van der Waals surface area contributed by atoms with E-state index >= 15 is 0 Å². The van der Waals surface area contributed by atoms with Crippen LogP contribution >= 0.6 is 0 Å². The van der Waals surface area contributed by atoms with E-state index < -0.39 is 10.0 Å². The van der Waals surface area contributed by atoms with Crippen molar-refractivity contribution in [2.45, 2.75) is 57.6 Å². The molecule has 1 saturated heterocycles. The first kappa shape index (κ1) is 18.7. The second-order valence-electron chi connectivity index (χ2n) is 7.82. The van der Waals surface area contributed by atoms with Gasteiger partial charge >= 0.3 is 0 Å². The van der Waals surface area contributed by atoms with E-state index in [1.54, 1.807) is 4.31 Å². The number of fused-ring (bicyclic) bond motifs is 1. The fourth-order valence-electron chi connectivity index (χ4n) is 4.43. The first-order valence-corrected chi connectivity index (χ1v) is 11.4. The van der Waals surface area contributed by atoms with E-state index in [-0.39, 0.29) is 0 Å². The van der Waals surface area contributed by atoms with E-state index in [9.17, 15) is 8.42 Å². The van der Waals surface area contributed by atoms with Gasteiger partial charge in [0.2, 0.25) is 10.0 Å². The third-order valence-electron chi connectivity index (χ3n) is 5.91. The standard InChI is InChI=1S/C20H28N4O2S/c1-16-20(27(25,26)23-11-6-3-7-12-23)17(2)24(21-16)15-22-13-10-18-8-4-5-9-19(18)14-22/h4-5,8-9H,3,6-7,10-15H2,1-2H3/p+1. The van der Waals surface area contributed by atoms with E-state index in [1.807, 2.05) is 18.5 Å². The number of hydrogen-bond donors (Lipinski definition) is 1. The monoisotopic (exact) mass is 389 g/mol. The van der Waals surface area contributed by atoms with Gasteiger partial charge in [-0.15, -0.1) is 0 Å². The minimum atomic E-state index is -3.45. The molecule has 3 heterocycles. The number of hydrogen-bond acceptors (Lipinski definition) is 3. The predicted octanol–water partition coefficient (Wildman–Crippen LogP) is 1.27. The highest BCUT2D eigenvalue weighted by atomic mass is 32.2. The van der Waals surface area contributed by atoms with Crippen LogP contribution in [-0.4, -0.2) is 42.1 Å². The molecule has 0 amide bonds. The van der Waals surface area contributed by atoms with Crippen molar-refractivity contribution in [1.29, 1.82) is 0 Å². The maximum absolute atomic E-state index is 13.2. The van der Waals surface area contributed by atoms with Crippen LogP contribution in [0.2, 0.25) is 0 Å². The van der Waals surface area contributed by atoms with Crippen LogP contribution in [0.3, 0.4) is 0 Å². The number of aromatic nitrogens is 2. The maximum Gasteiger partial charge on any atom is 0.246 e. The Kier molecular flexibility index (Phi) is 5.09. The number of sulfonamides is 1. The summed E-state index contributed by atoms with van der Waals surface area (Å²) in [5, 5.41) is 4.61. The third-order valence-corrected chi connectivity index (χ3v) is 8.06. The summed E-state index contributed by atoms with van der Waals surface area (Å²) >= 11 is 0. The van der Waals surface area contributed by atoms with E-state index in [0.29, 0.717) is 30.3 Å². The molecule has 146 valence electrons. The Morgan fingerprint density at radius 1 is 1.07 bits per heavy atom. The van der Waals surface area contributed by atoms with Crippen LogP contribution in [0.4, 0.5) is 0 Å². The topological polar surface area (TPSA) is 59.6 Å². The van der Waals surface area contributed by atoms with Crippen molar-refractivity contribution in [2.75, 3.05) is 19.6 Å². The largest absolute Gasteiger partial charge is 0.312 e. The van der Waals surface area contributed by atoms with Gasteiger partial charge in [-0.1, -0.05) is 30.7 Å². The molecular formula is C20H29N4O2S+. The maximum atomic E-state index is 13.2. The second-order valence-corrected chi connectivity index (χ2v) is 9.69. The Labute approximate surface area is 161 Å². The van der Waals surface area contributed by atoms with Crippen LogP contribution in [0.15, 0.2) is 29.2 Å². The molecule has 1 N–H and O–H groups in total. The normalized spacial score (nSPS) is 21.2. The van der Waals surface area contributed by atoms with Gasteiger partial charge in [-0.05, 0) is 32.3 Å². The van der Waals surface area contributed by atoms with Gasteiger partial charge in [0.05, 0.1) is 17.9 Å². The Balaban J connectivity index is 1.56. The summed E-state index contributed by atoms with van der Waals surface area (Å²) in [5.41, 5.74) is 4.21. The molecular weight excluding hydrogens is 360 g/mol. The molecule has 1 aromatic heterocycles. The smallest absolute Gasteiger partial charge is 0.246 e. The summed E-state index contributed by atoms with van der Waals surface area (Å²) < 4.78 is 29.9. The molecule has 0 radical (unpaired) electrons. The molecule has 1 fully saturated rings. The number of benzene rings is 1. The van der Waals surface area contributed by atoms with Crippen LogP contribution in [0.5, 0.6) is 0 Å². The lowest BCUT2D eigenvalue weighted by Gasteiger charge is -2.27. The molecule has 2 aliphatic heterocycles. The number of aryl methyl sites for hydroxylation is 1. The summed E-state index contributed by atoms with van der Waals surface area (Å²) in [4.78, 5) is 1.84.